The summed E-state index contributed by atoms with van der Waals surface area (Å²) in [7, 11) is 0. The van der Waals surface area contributed by atoms with Crippen LogP contribution in [0.5, 0.6) is 0 Å². The molecule has 0 spiro atoms. The minimum atomic E-state index is 0.0764. The van der Waals surface area contributed by atoms with Crippen LogP contribution >= 0.6 is 15.9 Å². The van der Waals surface area contributed by atoms with E-state index in [2.05, 4.69) is 27.8 Å². The van der Waals surface area contributed by atoms with Crippen molar-refractivity contribution in [3.05, 3.63) is 0 Å². The fourth-order valence-electron chi connectivity index (χ4n) is 0.466. The zero-order chi connectivity index (χ0) is 7.11. The Balaban J connectivity index is 3.23. The lowest BCUT2D eigenvalue weighted by Gasteiger charge is -2.02. The number of hydrogen-bond acceptors (Lipinski definition) is 1. The lowest BCUT2D eigenvalue weighted by atomic mass is 10.4. The van der Waals surface area contributed by atoms with Crippen molar-refractivity contribution in [1.82, 2.24) is 0 Å². The van der Waals surface area contributed by atoms with Gasteiger partial charge in [0.05, 0.1) is 6.61 Å². The molecule has 9 heavy (non-hydrogen) atoms. The molecule has 52 valence electrons. The van der Waals surface area contributed by atoms with Crippen LogP contribution in [0.15, 0.2) is 0 Å². The zero-order valence-corrected chi connectivity index (χ0v) is 7.36. The van der Waals surface area contributed by atoms with Gasteiger partial charge in [-0.2, -0.15) is 0 Å². The van der Waals surface area contributed by atoms with E-state index in [1.807, 2.05) is 13.8 Å². The molecular formula is C7H11BrO. The molecule has 0 saturated carbocycles. The molecule has 0 radical (unpaired) electrons. The first-order valence-corrected chi connectivity index (χ1v) is 4.03. The summed E-state index contributed by atoms with van der Waals surface area (Å²) in [6.45, 7) is 4.49. The first-order valence-electron chi connectivity index (χ1n) is 2.91. The molecule has 0 aromatic carbocycles. The number of hydrogen-bond donors (Lipinski definition) is 0. The summed E-state index contributed by atoms with van der Waals surface area (Å²) in [6, 6.07) is 0. The predicted molar refractivity (Wildman–Crippen MR) is 42.7 cm³/mol. The molecule has 0 bridgehead atoms. The van der Waals surface area contributed by atoms with E-state index in [1.54, 1.807) is 0 Å². The Kier molecular flexibility index (Phi) is 6.12. The van der Waals surface area contributed by atoms with Crippen molar-refractivity contribution in [2.45, 2.75) is 20.0 Å². The molecule has 0 aromatic heterocycles. The van der Waals surface area contributed by atoms with E-state index < -0.39 is 0 Å². The highest BCUT2D eigenvalue weighted by atomic mass is 79.9. The number of alkyl halides is 1. The van der Waals surface area contributed by atoms with E-state index in [-0.39, 0.29) is 6.10 Å². The number of rotatable bonds is 3. The van der Waals surface area contributed by atoms with E-state index in [9.17, 15) is 0 Å². The summed E-state index contributed by atoms with van der Waals surface area (Å²) in [5.41, 5.74) is 0. The van der Waals surface area contributed by atoms with Crippen molar-refractivity contribution in [1.29, 1.82) is 0 Å². The molecular weight excluding hydrogens is 180 g/mol. The third kappa shape index (κ3) is 5.88. The van der Waals surface area contributed by atoms with Gasteiger partial charge in [0.25, 0.3) is 0 Å². The van der Waals surface area contributed by atoms with Crippen molar-refractivity contribution in [3.63, 3.8) is 0 Å². The monoisotopic (exact) mass is 190 g/mol. The van der Waals surface area contributed by atoms with Gasteiger partial charge in [-0.3, -0.25) is 0 Å². The van der Waals surface area contributed by atoms with Crippen molar-refractivity contribution < 1.29 is 4.74 Å². The molecule has 0 rings (SSSR count). The highest BCUT2D eigenvalue weighted by molar-refractivity contribution is 9.09. The highest BCUT2D eigenvalue weighted by Gasteiger charge is 1.92. The minimum Gasteiger partial charge on any atom is -0.365 e. The summed E-state index contributed by atoms with van der Waals surface area (Å²) in [6.07, 6.45) is 0.0764. The first kappa shape index (κ1) is 9.00. The molecule has 1 nitrogen and oxygen atoms in total. The number of halogens is 1. The van der Waals surface area contributed by atoms with Crippen LogP contribution in [0.3, 0.4) is 0 Å². The zero-order valence-electron chi connectivity index (χ0n) is 5.78. The third-order valence-corrected chi connectivity index (χ3v) is 1.12. The molecule has 0 aliphatic rings. The van der Waals surface area contributed by atoms with E-state index in [4.69, 9.17) is 4.74 Å². The molecule has 1 atom stereocenters. The van der Waals surface area contributed by atoms with Crippen molar-refractivity contribution in [2.24, 2.45) is 0 Å². The Morgan fingerprint density at radius 2 is 2.33 bits per heavy atom. The third-order valence-electron chi connectivity index (χ3n) is 0.793. The summed E-state index contributed by atoms with van der Waals surface area (Å²) >= 11 is 3.26. The van der Waals surface area contributed by atoms with Crippen LogP contribution in [0.2, 0.25) is 0 Å². The molecule has 0 aliphatic heterocycles. The fourth-order valence-corrected chi connectivity index (χ4v) is 0.653. The van der Waals surface area contributed by atoms with Gasteiger partial charge in [-0.05, 0) is 13.8 Å². The van der Waals surface area contributed by atoms with E-state index in [0.717, 1.165) is 11.9 Å². The van der Waals surface area contributed by atoms with Crippen LogP contribution in [0.25, 0.3) is 0 Å². The molecule has 0 aromatic rings. The molecule has 0 N–H and O–H groups in total. The van der Waals surface area contributed by atoms with Gasteiger partial charge in [-0.1, -0.05) is 21.9 Å². The van der Waals surface area contributed by atoms with E-state index in [1.165, 1.54) is 0 Å². The summed E-state index contributed by atoms with van der Waals surface area (Å²) < 4.78 is 5.21. The largest absolute Gasteiger partial charge is 0.365 e. The van der Waals surface area contributed by atoms with Gasteiger partial charge < -0.3 is 4.74 Å². The lowest BCUT2D eigenvalue weighted by Crippen LogP contribution is -2.06. The fraction of sp³-hybridized carbons (Fsp3) is 0.714. The normalized spacial score (nSPS) is 11.9. The van der Waals surface area contributed by atoms with Gasteiger partial charge in [-0.15, -0.1) is 5.92 Å². The van der Waals surface area contributed by atoms with Gasteiger partial charge in [0.1, 0.15) is 6.10 Å². The van der Waals surface area contributed by atoms with Gasteiger partial charge >= 0.3 is 0 Å². The maximum atomic E-state index is 5.21. The molecule has 0 amide bonds. The first-order chi connectivity index (χ1) is 4.31. The molecule has 2 heteroatoms. The topological polar surface area (TPSA) is 9.23 Å². The van der Waals surface area contributed by atoms with E-state index >= 15 is 0 Å². The highest BCUT2D eigenvalue weighted by Crippen LogP contribution is 1.89. The van der Waals surface area contributed by atoms with Gasteiger partial charge in [0.15, 0.2) is 0 Å². The van der Waals surface area contributed by atoms with Crippen molar-refractivity contribution in [3.8, 4) is 11.8 Å². The van der Waals surface area contributed by atoms with Crippen LogP contribution in [0, 0.1) is 11.8 Å². The van der Waals surface area contributed by atoms with Crippen molar-refractivity contribution in [2.75, 3.05) is 11.9 Å². The second-order valence-corrected chi connectivity index (χ2v) is 2.39. The smallest absolute Gasteiger partial charge is 0.115 e. The second kappa shape index (κ2) is 6.12. The SMILES string of the molecule is CC#CC(C)OCCBr. The quantitative estimate of drug-likeness (QED) is 0.488. The number of ether oxygens (including phenoxy) is 1. The Morgan fingerprint density at radius 1 is 1.67 bits per heavy atom. The Bertz CT molecular complexity index is 112. The maximum Gasteiger partial charge on any atom is 0.115 e. The van der Waals surface area contributed by atoms with Gasteiger partial charge in [0.2, 0.25) is 0 Å². The lowest BCUT2D eigenvalue weighted by molar-refractivity contribution is 0.119. The molecule has 0 aliphatic carbocycles. The molecule has 0 saturated heterocycles. The van der Waals surface area contributed by atoms with Crippen LogP contribution in [-0.4, -0.2) is 18.0 Å². The second-order valence-electron chi connectivity index (χ2n) is 1.60. The molecule has 0 fully saturated rings. The Morgan fingerprint density at radius 3 is 2.78 bits per heavy atom. The van der Waals surface area contributed by atoms with E-state index in [0.29, 0.717) is 0 Å². The minimum absolute atomic E-state index is 0.0764. The predicted octanol–water partition coefficient (Wildman–Crippen LogP) is 1.81. The van der Waals surface area contributed by atoms with Crippen LogP contribution < -0.4 is 0 Å². The standard InChI is InChI=1S/C7H11BrO/c1-3-4-7(2)9-6-5-8/h7H,5-6H2,1-2H3. The average Bonchev–Trinajstić information content (AvgIpc) is 1.85. The van der Waals surface area contributed by atoms with Gasteiger partial charge in [0, 0.05) is 5.33 Å². The van der Waals surface area contributed by atoms with Crippen LogP contribution in [-0.2, 0) is 4.74 Å². The Hall–Kier alpha value is 0. The van der Waals surface area contributed by atoms with Crippen molar-refractivity contribution >= 4 is 15.9 Å². The summed E-state index contributed by atoms with van der Waals surface area (Å²) in [5, 5.41) is 0.878. The maximum absolute atomic E-state index is 5.21. The van der Waals surface area contributed by atoms with Gasteiger partial charge in [-0.25, -0.2) is 0 Å². The molecule has 1 unspecified atom stereocenters. The summed E-state index contributed by atoms with van der Waals surface area (Å²) in [5.74, 6) is 5.67. The van der Waals surface area contributed by atoms with Crippen LogP contribution in [0.1, 0.15) is 13.8 Å². The Labute approximate surface area is 64.9 Å². The molecule has 0 heterocycles. The van der Waals surface area contributed by atoms with Crippen LogP contribution in [0.4, 0.5) is 0 Å². The average molecular weight is 191 g/mol. The summed E-state index contributed by atoms with van der Waals surface area (Å²) in [4.78, 5) is 0.